The number of unbranched alkanes of at least 4 members (excludes halogenated alkanes) is 9. The lowest BCUT2D eigenvalue weighted by molar-refractivity contribution is -0.308. The van der Waals surface area contributed by atoms with E-state index in [0.29, 0.717) is 64.2 Å². The summed E-state index contributed by atoms with van der Waals surface area (Å²) in [5.74, 6) is -30.4. The number of benzene rings is 1. The Labute approximate surface area is 740 Å². The van der Waals surface area contributed by atoms with Crippen LogP contribution in [0.5, 0.6) is 5.75 Å². The number of ether oxygens (including phenoxy) is 18. The molecule has 2 aliphatic heterocycles. The van der Waals surface area contributed by atoms with Crippen LogP contribution in [0.25, 0.3) is 0 Å². The smallest absolute Gasteiger partial charge is 0.311 e. The first-order valence-electron chi connectivity index (χ1n) is 42.2. The number of hydrogen-bond acceptors (Lipinski definition) is 36. The molecule has 0 bridgehead atoms. The Balaban J connectivity index is 1.50. The minimum Gasteiger partial charge on any atom is -0.465 e. The molecule has 46 heteroatoms. The van der Waals surface area contributed by atoms with Crippen LogP contribution in [0, 0.1) is 40.9 Å². The molecule has 1 aliphatic carbocycles. The number of hydrogen-bond donors (Lipinski definition) is 5. The minimum absolute atomic E-state index is 0.00262. The van der Waals surface area contributed by atoms with Gasteiger partial charge < -0.3 is 112 Å². The minimum atomic E-state index is -2.52. The topological polar surface area (TPSA) is 534 Å². The summed E-state index contributed by atoms with van der Waals surface area (Å²) < 4.78 is 170. The van der Waals surface area contributed by atoms with Crippen molar-refractivity contribution in [3.63, 3.8) is 0 Å². The molecule has 4 rings (SSSR count). The number of carbonyl (C=O) groups is 18. The summed E-state index contributed by atoms with van der Waals surface area (Å²) in [6.07, 6.45) is -15.9. The van der Waals surface area contributed by atoms with Gasteiger partial charge in [0.1, 0.15) is 49.7 Å². The monoisotopic (exact) mass is 1860 g/mol. The number of amides is 5. The lowest BCUT2D eigenvalue weighted by atomic mass is 9.74. The molecule has 1 aromatic rings. The highest BCUT2D eigenvalue weighted by Gasteiger charge is 2.55. The highest BCUT2D eigenvalue weighted by atomic mass is 19.2. The molecule has 5 amide bonds. The quantitative estimate of drug-likeness (QED) is 0.0116. The highest BCUT2D eigenvalue weighted by molar-refractivity contribution is 5.90. The van der Waals surface area contributed by atoms with Gasteiger partial charge in [0.15, 0.2) is 49.2 Å². The van der Waals surface area contributed by atoms with Crippen molar-refractivity contribution in [1.29, 1.82) is 0 Å². The van der Waals surface area contributed by atoms with Crippen LogP contribution in [0.3, 0.4) is 0 Å². The molecule has 0 radical (unpaired) electrons. The molecular formula is C83H118F5N5O36. The zero-order chi connectivity index (χ0) is 96.1. The average molecular weight is 1860 g/mol. The van der Waals surface area contributed by atoms with Crippen molar-refractivity contribution in [2.75, 3.05) is 65.9 Å². The zero-order valence-electron chi connectivity index (χ0n) is 74.1. The summed E-state index contributed by atoms with van der Waals surface area (Å²) in [7, 11) is 0. The molecule has 2 heterocycles. The fourth-order valence-corrected chi connectivity index (χ4v) is 13.9. The molecule has 0 aromatic heterocycles. The maximum absolute atomic E-state index is 14.4. The van der Waals surface area contributed by atoms with E-state index in [1.807, 2.05) is 0 Å². The van der Waals surface area contributed by atoms with Gasteiger partial charge in [0, 0.05) is 166 Å². The molecule has 2 saturated heterocycles. The first-order valence-corrected chi connectivity index (χ1v) is 42.2. The molecule has 1 aromatic carbocycles. The van der Waals surface area contributed by atoms with Gasteiger partial charge in [0.25, 0.3) is 0 Å². The van der Waals surface area contributed by atoms with Crippen LogP contribution in [0.4, 0.5) is 22.0 Å². The van der Waals surface area contributed by atoms with Crippen molar-refractivity contribution in [3.05, 3.63) is 29.1 Å². The summed E-state index contributed by atoms with van der Waals surface area (Å²) in [6.45, 7) is 11.8. The van der Waals surface area contributed by atoms with Crippen LogP contribution in [0.2, 0.25) is 0 Å². The molecule has 3 aliphatic rings. The highest BCUT2D eigenvalue weighted by Crippen LogP contribution is 2.39. The second-order valence-electron chi connectivity index (χ2n) is 30.4. The predicted octanol–water partition coefficient (Wildman–Crippen LogP) is 4.23. The van der Waals surface area contributed by atoms with Gasteiger partial charge in [-0.05, 0) is 57.8 Å². The van der Waals surface area contributed by atoms with E-state index in [1.54, 1.807) is 0 Å². The molecule has 129 heavy (non-hydrogen) atoms. The van der Waals surface area contributed by atoms with E-state index in [-0.39, 0.29) is 84.8 Å². The Kier molecular flexibility index (Phi) is 49.6. The third-order valence-corrected chi connectivity index (χ3v) is 19.6. The van der Waals surface area contributed by atoms with Gasteiger partial charge in [-0.2, -0.15) is 8.78 Å². The van der Waals surface area contributed by atoms with Crippen LogP contribution in [-0.2, 0) is 167 Å². The van der Waals surface area contributed by atoms with Crippen LogP contribution in [0.15, 0.2) is 0 Å². The van der Waals surface area contributed by atoms with Crippen molar-refractivity contribution < 1.29 is 194 Å². The van der Waals surface area contributed by atoms with Crippen molar-refractivity contribution in [2.24, 2.45) is 11.8 Å². The molecule has 41 nitrogen and oxygen atoms in total. The van der Waals surface area contributed by atoms with E-state index in [4.69, 9.17) is 80.5 Å². The second kappa shape index (κ2) is 57.9. The van der Waals surface area contributed by atoms with Gasteiger partial charge in [-0.15, -0.1) is 0 Å². The first kappa shape index (κ1) is 110. The molecule has 3 unspecified atom stereocenters. The molecule has 3 fully saturated rings. The van der Waals surface area contributed by atoms with Crippen LogP contribution in [-0.4, -0.2) is 265 Å². The molecular weight excluding hydrogens is 1740 g/mol. The predicted molar refractivity (Wildman–Crippen MR) is 424 cm³/mol. The SMILES string of the molecule is CC(=O)OC[C@@H]1[C@H](COC(C)=O)[C@H](OC(C)=O)[C@@H](OC(C)=O)C[C@H]1OCCCCCCNC(=O)C(CCC(=O)NCCCCCCOC1O[C@H](COC(C)=O)[C@@H](OC(C)=O)[C@H](OC(C)=O)[C@@H]1OC(C)=O)NC(=O)CCC(NC(=O)CCCC(=O)Oc1c(F)c(F)c(F)c(F)c1F)C(=O)NCCCCCCO[C@H]1O[C@H](COC(C)=O)[C@@H](OC(C)=O)[C@H](OC(C)=O)[C@@H]1OC(C)=O. The lowest BCUT2D eigenvalue weighted by Crippen LogP contribution is -2.63. The normalized spacial score (nSPS) is 22.1. The summed E-state index contributed by atoms with van der Waals surface area (Å²) in [4.78, 5) is 228. The average Bonchev–Trinajstić information content (AvgIpc) is 0.793. The van der Waals surface area contributed by atoms with Crippen molar-refractivity contribution in [3.8, 4) is 5.75 Å². The Morgan fingerprint density at radius 3 is 1.05 bits per heavy atom. The standard InChI is InChI=1S/C83H118F5N5O36/c1-43(94)115-39-55-56(40-116-44(2)95)72(120-48(6)99)60(119-47(5)98)38-59(55)112-35-22-16-14-20-33-90-80(110)57(28-30-63(106)89-32-19-13-17-23-36-113-82-78(125-53(11)104)76(123-51(9)102)73(121-49(7)100)61(127-82)41-117-45(3)96)93-65(108)31-29-58(92-64(107)26-25-27-66(109)129-75-70(87)68(85)67(84)69(86)71(75)88)81(111)91-34-21-15-18-24-37-114-83-79(126-54(12)105)77(124-52(10)103)74(122-50(8)101)62(128-83)42-118-46(4)97/h55-62,72-74,76-79,82-83H,13-42H2,1-12H3,(H,89,106)(H,90,110)(H,91,111)(H,92,107)(H,93,108)/t55-,56+,57?,58?,59-,60+,61-,62-,72+,73-,74-,76+,77+,78+,79+,82?,83+/m1/s1. The number of halogens is 5. The Morgan fingerprint density at radius 1 is 0.318 bits per heavy atom. The number of nitrogens with one attached hydrogen (secondary N) is 5. The second-order valence-corrected chi connectivity index (χ2v) is 30.4. The van der Waals surface area contributed by atoms with Gasteiger partial charge in [-0.25, -0.2) is 13.2 Å². The van der Waals surface area contributed by atoms with E-state index < -0.39 is 291 Å². The van der Waals surface area contributed by atoms with Crippen LogP contribution < -0.4 is 31.3 Å². The fourth-order valence-electron chi connectivity index (χ4n) is 13.9. The van der Waals surface area contributed by atoms with Gasteiger partial charge in [-0.1, -0.05) is 38.5 Å². The fraction of sp³-hybridized carbons (Fsp3) is 0.711. The Morgan fingerprint density at radius 2 is 0.651 bits per heavy atom. The zero-order valence-corrected chi connectivity index (χ0v) is 74.1. The largest absolute Gasteiger partial charge is 0.465 e. The van der Waals surface area contributed by atoms with Gasteiger partial charge in [0.2, 0.25) is 64.4 Å². The Hall–Kier alpha value is -10.9. The summed E-state index contributed by atoms with van der Waals surface area (Å²) in [6, 6.07) is -2.97. The van der Waals surface area contributed by atoms with E-state index in [2.05, 4.69) is 31.3 Å². The summed E-state index contributed by atoms with van der Waals surface area (Å²) in [5, 5.41) is 13.2. The van der Waals surface area contributed by atoms with E-state index in [1.165, 1.54) is 6.92 Å². The summed E-state index contributed by atoms with van der Waals surface area (Å²) in [5.41, 5.74) is 0. The van der Waals surface area contributed by atoms with Crippen LogP contribution >= 0.6 is 0 Å². The lowest BCUT2D eigenvalue weighted by Gasteiger charge is -2.45. The third-order valence-electron chi connectivity index (χ3n) is 19.6. The summed E-state index contributed by atoms with van der Waals surface area (Å²) >= 11 is 0. The molecule has 1 saturated carbocycles. The Bertz CT molecular complexity index is 3940. The van der Waals surface area contributed by atoms with Gasteiger partial charge in [0.05, 0.1) is 19.3 Å². The maximum Gasteiger partial charge on any atom is 0.311 e. The molecule has 0 spiro atoms. The van der Waals surface area contributed by atoms with E-state index >= 15 is 0 Å². The number of esters is 13. The number of carbonyl (C=O) groups excluding carboxylic acids is 18. The van der Waals surface area contributed by atoms with Crippen LogP contribution in [0.1, 0.15) is 212 Å². The van der Waals surface area contributed by atoms with Crippen molar-refractivity contribution in [2.45, 2.75) is 303 Å². The molecule has 726 valence electrons. The van der Waals surface area contributed by atoms with E-state index in [0.717, 1.165) is 76.2 Å². The molecule has 17 atom stereocenters. The third kappa shape index (κ3) is 41.2. The first-order chi connectivity index (χ1) is 61.0. The van der Waals surface area contributed by atoms with Crippen molar-refractivity contribution >= 4 is 107 Å². The van der Waals surface area contributed by atoms with E-state index in [9.17, 15) is 108 Å². The van der Waals surface area contributed by atoms with Gasteiger partial charge in [-0.3, -0.25) is 86.3 Å². The van der Waals surface area contributed by atoms with Crippen molar-refractivity contribution in [1.82, 2.24) is 26.6 Å². The number of rotatable bonds is 55. The maximum atomic E-state index is 14.4. The van der Waals surface area contributed by atoms with Gasteiger partial charge >= 0.3 is 77.6 Å². The molecule has 5 N–H and O–H groups in total.